The van der Waals surface area contributed by atoms with Crippen LogP contribution in [-0.4, -0.2) is 12.2 Å². The topological polar surface area (TPSA) is 65.3 Å². The van der Waals surface area contributed by atoms with Crippen LogP contribution in [0.25, 0.3) is 0 Å². The van der Waals surface area contributed by atoms with E-state index in [1.165, 1.54) is 7.11 Å². The van der Waals surface area contributed by atoms with Gasteiger partial charge in [-0.15, -0.1) is 0 Å². The molecular formula is C15H13BrN2O2. The number of phenolic OH excluding ortho intramolecular Hbond substituents is 1. The summed E-state index contributed by atoms with van der Waals surface area (Å²) in [7, 11) is 1.51. The number of anilines is 1. The molecule has 0 fully saturated rings. The molecule has 20 heavy (non-hydrogen) atoms. The zero-order chi connectivity index (χ0) is 14.5. The summed E-state index contributed by atoms with van der Waals surface area (Å²) in [5.41, 5.74) is 1.97. The van der Waals surface area contributed by atoms with Crippen molar-refractivity contribution in [2.45, 2.75) is 6.54 Å². The third kappa shape index (κ3) is 3.03. The van der Waals surface area contributed by atoms with Crippen molar-refractivity contribution < 1.29 is 9.84 Å². The van der Waals surface area contributed by atoms with E-state index in [4.69, 9.17) is 10.00 Å². The third-order valence-electron chi connectivity index (χ3n) is 2.87. The summed E-state index contributed by atoms with van der Waals surface area (Å²) in [6.45, 7) is 0.402. The highest BCUT2D eigenvalue weighted by molar-refractivity contribution is 9.10. The van der Waals surface area contributed by atoms with Crippen LogP contribution in [0.1, 0.15) is 11.1 Å². The molecule has 2 N–H and O–H groups in total. The van der Waals surface area contributed by atoms with Gasteiger partial charge in [-0.25, -0.2) is 0 Å². The second-order valence-electron chi connectivity index (χ2n) is 4.12. The van der Waals surface area contributed by atoms with Crippen LogP contribution in [-0.2, 0) is 6.54 Å². The van der Waals surface area contributed by atoms with Gasteiger partial charge in [-0.1, -0.05) is 28.1 Å². The number of para-hydroxylation sites is 1. The highest BCUT2D eigenvalue weighted by Crippen LogP contribution is 2.30. The van der Waals surface area contributed by atoms with Gasteiger partial charge in [0.1, 0.15) is 6.07 Å². The van der Waals surface area contributed by atoms with Gasteiger partial charge < -0.3 is 15.2 Å². The second kappa shape index (κ2) is 6.31. The molecule has 0 aromatic heterocycles. The highest BCUT2D eigenvalue weighted by Gasteiger charge is 2.08. The van der Waals surface area contributed by atoms with Crippen LogP contribution in [0.4, 0.5) is 5.69 Å². The molecule has 0 aliphatic rings. The van der Waals surface area contributed by atoms with Gasteiger partial charge in [-0.05, 0) is 24.3 Å². The fraction of sp³-hybridized carbons (Fsp3) is 0.133. The number of nitrogens with zero attached hydrogens (tertiary/aromatic N) is 1. The number of halogens is 1. The molecule has 2 aromatic carbocycles. The molecule has 0 saturated heterocycles. The lowest BCUT2D eigenvalue weighted by molar-refractivity contribution is 0.371. The van der Waals surface area contributed by atoms with E-state index in [2.05, 4.69) is 27.3 Å². The fourth-order valence-electron chi connectivity index (χ4n) is 1.83. The van der Waals surface area contributed by atoms with Crippen molar-refractivity contribution in [2.75, 3.05) is 12.4 Å². The molecule has 102 valence electrons. The minimum Gasteiger partial charge on any atom is -0.504 e. The van der Waals surface area contributed by atoms with E-state index in [0.29, 0.717) is 23.4 Å². The molecule has 5 heteroatoms. The molecule has 4 nitrogen and oxygen atoms in total. The summed E-state index contributed by atoms with van der Waals surface area (Å²) >= 11 is 3.33. The average Bonchev–Trinajstić information content (AvgIpc) is 2.47. The first-order valence-electron chi connectivity index (χ1n) is 5.94. The molecule has 0 aliphatic heterocycles. The Hall–Kier alpha value is -2.19. The fourth-order valence-corrected chi connectivity index (χ4v) is 2.19. The van der Waals surface area contributed by atoms with Crippen molar-refractivity contribution in [3.63, 3.8) is 0 Å². The predicted octanol–water partition coefficient (Wildman–Crippen LogP) is 3.65. The summed E-state index contributed by atoms with van der Waals surface area (Å²) in [6, 6.07) is 12.9. The summed E-state index contributed by atoms with van der Waals surface area (Å²) in [5.74, 6) is 0.540. The quantitative estimate of drug-likeness (QED) is 0.896. The number of hydrogen-bond donors (Lipinski definition) is 2. The number of phenols is 1. The molecule has 0 amide bonds. The minimum absolute atomic E-state index is 0.109. The number of benzene rings is 2. The maximum Gasteiger partial charge on any atom is 0.162 e. The number of nitrogens with one attached hydrogen (secondary N) is 1. The zero-order valence-corrected chi connectivity index (χ0v) is 12.4. The van der Waals surface area contributed by atoms with Crippen molar-refractivity contribution in [3.05, 3.63) is 52.0 Å². The first-order chi connectivity index (χ1) is 9.65. The highest BCUT2D eigenvalue weighted by atomic mass is 79.9. The van der Waals surface area contributed by atoms with Crippen molar-refractivity contribution in [2.24, 2.45) is 0 Å². The van der Waals surface area contributed by atoms with Crippen LogP contribution in [0.5, 0.6) is 11.5 Å². The van der Waals surface area contributed by atoms with E-state index >= 15 is 0 Å². The molecule has 0 heterocycles. The van der Waals surface area contributed by atoms with Gasteiger partial charge in [0.05, 0.1) is 18.4 Å². The van der Waals surface area contributed by atoms with E-state index in [0.717, 1.165) is 10.2 Å². The Kier molecular flexibility index (Phi) is 4.49. The van der Waals surface area contributed by atoms with Gasteiger partial charge in [-0.2, -0.15) is 5.26 Å². The zero-order valence-electron chi connectivity index (χ0n) is 10.9. The van der Waals surface area contributed by atoms with Gasteiger partial charge in [-0.3, -0.25) is 0 Å². The lowest BCUT2D eigenvalue weighted by atomic mass is 10.1. The van der Waals surface area contributed by atoms with Gasteiger partial charge >= 0.3 is 0 Å². The molecule has 2 aromatic rings. The number of ether oxygens (including phenoxy) is 1. The maximum absolute atomic E-state index is 10.00. The van der Waals surface area contributed by atoms with E-state index in [1.807, 2.05) is 18.2 Å². The normalized spacial score (nSPS) is 9.85. The number of hydrogen-bond acceptors (Lipinski definition) is 4. The van der Waals surface area contributed by atoms with Gasteiger partial charge in [0, 0.05) is 16.6 Å². The van der Waals surface area contributed by atoms with Gasteiger partial charge in [0.15, 0.2) is 11.5 Å². The summed E-state index contributed by atoms with van der Waals surface area (Å²) < 4.78 is 5.91. The van der Waals surface area contributed by atoms with E-state index in [1.54, 1.807) is 18.2 Å². The Morgan fingerprint density at radius 2 is 2.15 bits per heavy atom. The Labute approximate surface area is 125 Å². The van der Waals surface area contributed by atoms with Crippen LogP contribution < -0.4 is 10.1 Å². The molecule has 2 rings (SSSR count). The molecule has 0 aliphatic carbocycles. The van der Waals surface area contributed by atoms with Gasteiger partial charge in [0.2, 0.25) is 0 Å². The second-order valence-corrected chi connectivity index (χ2v) is 5.04. The SMILES string of the molecule is COc1cccc(CNc2ccc(Br)cc2C#N)c1O. The van der Waals surface area contributed by atoms with Crippen molar-refractivity contribution >= 4 is 21.6 Å². The summed E-state index contributed by atoms with van der Waals surface area (Å²) in [6.07, 6.45) is 0. The molecule has 0 bridgehead atoms. The summed E-state index contributed by atoms with van der Waals surface area (Å²) in [5, 5.41) is 22.2. The van der Waals surface area contributed by atoms with Crippen molar-refractivity contribution in [1.29, 1.82) is 5.26 Å². The predicted molar refractivity (Wildman–Crippen MR) is 80.8 cm³/mol. The molecule has 0 atom stereocenters. The van der Waals surface area contributed by atoms with E-state index in [9.17, 15) is 5.11 Å². The lowest BCUT2D eigenvalue weighted by Crippen LogP contribution is -2.02. The Morgan fingerprint density at radius 3 is 2.85 bits per heavy atom. The molecular weight excluding hydrogens is 320 g/mol. The smallest absolute Gasteiger partial charge is 0.162 e. The Bertz CT molecular complexity index is 665. The molecule has 0 saturated carbocycles. The Balaban J connectivity index is 2.20. The number of rotatable bonds is 4. The third-order valence-corrected chi connectivity index (χ3v) is 3.37. The summed E-state index contributed by atoms with van der Waals surface area (Å²) in [4.78, 5) is 0. The molecule has 0 spiro atoms. The maximum atomic E-state index is 10.00. The number of methoxy groups -OCH3 is 1. The molecule has 0 radical (unpaired) electrons. The average molecular weight is 333 g/mol. The number of aromatic hydroxyl groups is 1. The van der Waals surface area contributed by atoms with Crippen LogP contribution in [0.2, 0.25) is 0 Å². The van der Waals surface area contributed by atoms with Crippen LogP contribution >= 0.6 is 15.9 Å². The van der Waals surface area contributed by atoms with E-state index < -0.39 is 0 Å². The first-order valence-corrected chi connectivity index (χ1v) is 6.73. The van der Waals surface area contributed by atoms with Crippen LogP contribution in [0.15, 0.2) is 40.9 Å². The van der Waals surface area contributed by atoms with Gasteiger partial charge in [0.25, 0.3) is 0 Å². The monoisotopic (exact) mass is 332 g/mol. The van der Waals surface area contributed by atoms with Crippen molar-refractivity contribution in [1.82, 2.24) is 0 Å². The number of nitriles is 1. The van der Waals surface area contributed by atoms with Crippen molar-refractivity contribution in [3.8, 4) is 17.6 Å². The molecule has 0 unspecified atom stereocenters. The Morgan fingerprint density at radius 1 is 1.35 bits per heavy atom. The first kappa shape index (κ1) is 14.2. The lowest BCUT2D eigenvalue weighted by Gasteiger charge is -2.11. The standard InChI is InChI=1S/C15H13BrN2O2/c1-20-14-4-2-3-10(15(14)19)9-18-13-6-5-12(16)7-11(13)8-17/h2-7,18-19H,9H2,1H3. The van der Waals surface area contributed by atoms with Crippen LogP contribution in [0.3, 0.4) is 0 Å². The largest absolute Gasteiger partial charge is 0.504 e. The van der Waals surface area contributed by atoms with E-state index in [-0.39, 0.29) is 5.75 Å². The van der Waals surface area contributed by atoms with Crippen LogP contribution in [0, 0.1) is 11.3 Å². The minimum atomic E-state index is 0.109.